The topological polar surface area (TPSA) is 82.8 Å². The summed E-state index contributed by atoms with van der Waals surface area (Å²) in [6.07, 6.45) is -0.633. The lowest BCUT2D eigenvalue weighted by atomic mass is 10.1. The van der Waals surface area contributed by atoms with Gasteiger partial charge in [-0.1, -0.05) is 18.2 Å². The molecule has 2 atom stereocenters. The Morgan fingerprint density at radius 3 is 2.86 bits per heavy atom. The lowest BCUT2D eigenvalue weighted by Crippen LogP contribution is -2.45. The molecule has 0 spiro atoms. The van der Waals surface area contributed by atoms with Crippen molar-refractivity contribution in [2.75, 3.05) is 20.1 Å². The van der Waals surface area contributed by atoms with Crippen LogP contribution < -0.4 is 10.9 Å². The van der Waals surface area contributed by atoms with Crippen LogP contribution in [0.3, 0.4) is 0 Å². The monoisotopic (exact) mass is 288 g/mol. The molecule has 2 aromatic rings. The maximum atomic E-state index is 12.5. The van der Waals surface area contributed by atoms with E-state index < -0.39 is 17.6 Å². The van der Waals surface area contributed by atoms with Gasteiger partial charge in [0.05, 0.1) is 12.1 Å². The normalized spacial score (nSPS) is 21.6. The highest BCUT2D eigenvalue weighted by Gasteiger charge is 2.32. The van der Waals surface area contributed by atoms with Crippen LogP contribution in [0, 0.1) is 0 Å². The van der Waals surface area contributed by atoms with E-state index in [1.54, 1.807) is 25.2 Å². The molecule has 1 aromatic heterocycles. The largest absolute Gasteiger partial charge is 0.422 e. The van der Waals surface area contributed by atoms with E-state index in [4.69, 9.17) is 4.42 Å². The summed E-state index contributed by atoms with van der Waals surface area (Å²) in [5.74, 6) is -0.442. The number of aliphatic hydroxyl groups excluding tert-OH is 1. The van der Waals surface area contributed by atoms with Crippen LogP contribution in [-0.4, -0.2) is 48.2 Å². The van der Waals surface area contributed by atoms with Gasteiger partial charge in [0.15, 0.2) is 0 Å². The number of hydrogen-bond acceptors (Lipinski definition) is 5. The molecule has 3 rings (SSSR count). The van der Waals surface area contributed by atoms with E-state index in [9.17, 15) is 14.7 Å². The van der Waals surface area contributed by atoms with Crippen LogP contribution >= 0.6 is 0 Å². The number of β-amino-alcohol motifs (C(OH)–C–C–N with tert-alkyl or cyclic N) is 1. The fraction of sp³-hybridized carbons (Fsp3) is 0.333. The number of amides is 1. The van der Waals surface area contributed by atoms with E-state index >= 15 is 0 Å². The van der Waals surface area contributed by atoms with Crippen molar-refractivity contribution in [3.8, 4) is 0 Å². The van der Waals surface area contributed by atoms with Gasteiger partial charge in [-0.05, 0) is 12.1 Å². The standard InChI is InChI=1S/C15H16N2O4/c1-17(11-7-16-8-12(11)18)14(19)10-6-9-4-2-3-5-13(9)21-15(10)20/h2-6,11-12,16,18H,7-8H2,1H3/t11-,12-/m0/s1. The molecule has 110 valence electrons. The van der Waals surface area contributed by atoms with Crippen molar-refractivity contribution in [1.29, 1.82) is 0 Å². The van der Waals surface area contributed by atoms with Gasteiger partial charge in [-0.2, -0.15) is 0 Å². The summed E-state index contributed by atoms with van der Waals surface area (Å²) in [5, 5.41) is 13.5. The number of hydrogen-bond donors (Lipinski definition) is 2. The van der Waals surface area contributed by atoms with Gasteiger partial charge in [0.25, 0.3) is 5.91 Å². The molecule has 0 bridgehead atoms. The molecule has 1 aliphatic heterocycles. The Balaban J connectivity index is 1.97. The quantitative estimate of drug-likeness (QED) is 0.771. The van der Waals surface area contributed by atoms with Crippen molar-refractivity contribution in [2.45, 2.75) is 12.1 Å². The fourth-order valence-corrected chi connectivity index (χ4v) is 2.60. The second-order valence-electron chi connectivity index (χ2n) is 5.19. The number of fused-ring (bicyclic) bond motifs is 1. The molecule has 0 radical (unpaired) electrons. The average Bonchev–Trinajstić information content (AvgIpc) is 2.91. The Morgan fingerprint density at radius 1 is 1.38 bits per heavy atom. The van der Waals surface area contributed by atoms with Crippen LogP contribution in [0.4, 0.5) is 0 Å². The SMILES string of the molecule is CN(C(=O)c1cc2ccccc2oc1=O)[C@H]1CNC[C@@H]1O. The van der Waals surface area contributed by atoms with Crippen LogP contribution in [0.15, 0.2) is 39.5 Å². The van der Waals surface area contributed by atoms with Gasteiger partial charge >= 0.3 is 5.63 Å². The molecule has 1 aromatic carbocycles. The molecule has 0 aliphatic carbocycles. The summed E-state index contributed by atoms with van der Waals surface area (Å²) >= 11 is 0. The lowest BCUT2D eigenvalue weighted by Gasteiger charge is -2.26. The first-order chi connectivity index (χ1) is 10.1. The molecule has 21 heavy (non-hydrogen) atoms. The molecule has 1 amide bonds. The molecule has 1 aliphatic rings. The Morgan fingerprint density at radius 2 is 2.14 bits per heavy atom. The van der Waals surface area contributed by atoms with E-state index in [0.717, 1.165) is 0 Å². The second kappa shape index (κ2) is 5.31. The first-order valence-electron chi connectivity index (χ1n) is 6.77. The highest BCUT2D eigenvalue weighted by Crippen LogP contribution is 2.15. The van der Waals surface area contributed by atoms with E-state index in [2.05, 4.69) is 5.32 Å². The zero-order valence-electron chi connectivity index (χ0n) is 11.6. The molecular formula is C15H16N2O4. The van der Waals surface area contributed by atoms with Gasteiger partial charge in [0.2, 0.25) is 0 Å². The Labute approximate surface area is 121 Å². The Hall–Kier alpha value is -2.18. The average molecular weight is 288 g/mol. The smallest absolute Gasteiger partial charge is 0.349 e. The molecule has 0 unspecified atom stereocenters. The predicted molar refractivity (Wildman–Crippen MR) is 77.2 cm³/mol. The third-order valence-corrected chi connectivity index (χ3v) is 3.84. The fourth-order valence-electron chi connectivity index (χ4n) is 2.60. The number of nitrogens with one attached hydrogen (secondary N) is 1. The van der Waals surface area contributed by atoms with E-state index in [1.165, 1.54) is 11.0 Å². The molecule has 2 heterocycles. The van der Waals surface area contributed by atoms with Gasteiger partial charge < -0.3 is 19.7 Å². The van der Waals surface area contributed by atoms with Gasteiger partial charge in [-0.3, -0.25) is 4.79 Å². The lowest BCUT2D eigenvalue weighted by molar-refractivity contribution is 0.0577. The number of likely N-dealkylation sites (N-methyl/N-ethyl adjacent to an activating group) is 1. The minimum atomic E-state index is -0.661. The van der Waals surface area contributed by atoms with E-state index in [0.29, 0.717) is 24.1 Å². The van der Waals surface area contributed by atoms with Crippen molar-refractivity contribution in [2.24, 2.45) is 0 Å². The van der Waals surface area contributed by atoms with E-state index in [1.807, 2.05) is 6.07 Å². The van der Waals surface area contributed by atoms with Crippen LogP contribution in [-0.2, 0) is 0 Å². The van der Waals surface area contributed by atoms with Gasteiger partial charge in [0.1, 0.15) is 11.1 Å². The summed E-state index contributed by atoms with van der Waals surface area (Å²) < 4.78 is 5.17. The molecular weight excluding hydrogens is 272 g/mol. The van der Waals surface area contributed by atoms with Crippen LogP contribution in [0.25, 0.3) is 11.0 Å². The van der Waals surface area contributed by atoms with Crippen molar-refractivity contribution in [3.05, 3.63) is 46.3 Å². The third kappa shape index (κ3) is 2.43. The summed E-state index contributed by atoms with van der Waals surface area (Å²) in [4.78, 5) is 25.8. The number of carbonyl (C=O) groups is 1. The maximum Gasteiger partial charge on any atom is 0.349 e. The van der Waals surface area contributed by atoms with Crippen molar-refractivity contribution < 1.29 is 14.3 Å². The zero-order chi connectivity index (χ0) is 15.0. The molecule has 6 nitrogen and oxygen atoms in total. The highest BCUT2D eigenvalue weighted by molar-refractivity contribution is 5.96. The number of benzene rings is 1. The summed E-state index contributed by atoms with van der Waals surface area (Å²) in [6, 6.07) is 8.22. The Kier molecular flexibility index (Phi) is 3.48. The number of carbonyl (C=O) groups excluding carboxylic acids is 1. The molecule has 1 fully saturated rings. The van der Waals surface area contributed by atoms with E-state index in [-0.39, 0.29) is 11.6 Å². The van der Waals surface area contributed by atoms with Crippen molar-refractivity contribution in [3.63, 3.8) is 0 Å². The van der Waals surface area contributed by atoms with Gasteiger partial charge in [-0.15, -0.1) is 0 Å². The van der Waals surface area contributed by atoms with Crippen molar-refractivity contribution >= 4 is 16.9 Å². The minimum Gasteiger partial charge on any atom is -0.422 e. The summed E-state index contributed by atoms with van der Waals surface area (Å²) in [6.45, 7) is 0.941. The summed E-state index contributed by atoms with van der Waals surface area (Å²) in [7, 11) is 1.58. The van der Waals surface area contributed by atoms with Crippen LogP contribution in [0.2, 0.25) is 0 Å². The number of para-hydroxylation sites is 1. The zero-order valence-corrected chi connectivity index (χ0v) is 11.6. The number of nitrogens with zero attached hydrogens (tertiary/aromatic N) is 1. The third-order valence-electron chi connectivity index (χ3n) is 3.84. The van der Waals surface area contributed by atoms with Gasteiger partial charge in [0, 0.05) is 25.5 Å². The molecule has 6 heteroatoms. The summed E-state index contributed by atoms with van der Waals surface area (Å²) in [5.41, 5.74) is -0.231. The second-order valence-corrected chi connectivity index (χ2v) is 5.19. The van der Waals surface area contributed by atoms with Gasteiger partial charge in [-0.25, -0.2) is 4.79 Å². The molecule has 2 N–H and O–H groups in total. The predicted octanol–water partition coefficient (Wildman–Crippen LogP) is 0.198. The minimum absolute atomic E-state index is 0.0182. The molecule has 1 saturated heterocycles. The highest BCUT2D eigenvalue weighted by atomic mass is 16.4. The first-order valence-corrected chi connectivity index (χ1v) is 6.77. The van der Waals surface area contributed by atoms with Crippen LogP contribution in [0.1, 0.15) is 10.4 Å². The first kappa shape index (κ1) is 13.8. The molecule has 0 saturated carbocycles. The number of aliphatic hydroxyl groups is 1. The number of rotatable bonds is 2. The van der Waals surface area contributed by atoms with Crippen molar-refractivity contribution in [1.82, 2.24) is 10.2 Å². The Bertz CT molecular complexity index is 740. The van der Waals surface area contributed by atoms with Crippen LogP contribution in [0.5, 0.6) is 0 Å². The maximum absolute atomic E-state index is 12.5.